The lowest BCUT2D eigenvalue weighted by molar-refractivity contribution is -0.123. The molecular weight excluding hydrogens is 652 g/mol. The smallest absolute Gasteiger partial charge is 0.229 e. The molecule has 0 aliphatic carbocycles. The molecule has 3 aromatic heterocycles. The maximum atomic E-state index is 12.5. The van der Waals surface area contributed by atoms with Gasteiger partial charge < -0.3 is 35.9 Å². The number of piperazine rings is 1. The minimum Gasteiger partial charge on any atom is -0.387 e. The predicted molar refractivity (Wildman–Crippen MR) is 194 cm³/mol. The second-order valence-electron chi connectivity index (χ2n) is 15.4. The molecule has 16 nitrogen and oxygen atoms in total. The fourth-order valence-corrected chi connectivity index (χ4v) is 7.35. The molecule has 0 unspecified atom stereocenters. The first-order valence-electron chi connectivity index (χ1n) is 18.0. The SMILES string of the molecule is CN1CCN(CCN(C[C@H]2O[C@@H](n3cnc4c(N)ncnc43)[C@H](O)[C@@H]2O)C2CCN(Cc3nc4ccc(NC(=O)C(C)(C)C)cc4[nH]3)CC2)CC1. The van der Waals surface area contributed by atoms with E-state index in [0.29, 0.717) is 30.3 Å². The number of likely N-dealkylation sites (tertiary alicyclic amines) is 1. The zero-order chi connectivity index (χ0) is 35.9. The zero-order valence-corrected chi connectivity index (χ0v) is 30.1. The fourth-order valence-electron chi connectivity index (χ4n) is 7.35. The number of amides is 1. The third-order valence-electron chi connectivity index (χ3n) is 10.6. The number of imidazole rings is 2. The predicted octanol–water partition coefficient (Wildman–Crippen LogP) is 1.10. The number of hydrogen-bond donors (Lipinski definition) is 5. The molecule has 16 heteroatoms. The lowest BCUT2D eigenvalue weighted by atomic mass is 9.95. The molecule has 4 atom stereocenters. The quantitative estimate of drug-likeness (QED) is 0.158. The molecule has 6 heterocycles. The zero-order valence-electron chi connectivity index (χ0n) is 30.1. The van der Waals surface area contributed by atoms with E-state index in [0.717, 1.165) is 87.7 Å². The topological polar surface area (TPSA) is 190 Å². The Morgan fingerprint density at radius 2 is 1.82 bits per heavy atom. The molecule has 7 rings (SSSR count). The van der Waals surface area contributed by atoms with Crippen LogP contribution >= 0.6 is 0 Å². The number of carbonyl (C=O) groups excluding carboxylic acids is 1. The second kappa shape index (κ2) is 14.7. The lowest BCUT2D eigenvalue weighted by Gasteiger charge is -2.41. The Morgan fingerprint density at radius 3 is 2.57 bits per heavy atom. The largest absolute Gasteiger partial charge is 0.387 e. The van der Waals surface area contributed by atoms with Crippen LogP contribution in [0.2, 0.25) is 0 Å². The number of aromatic amines is 1. The van der Waals surface area contributed by atoms with Crippen LogP contribution in [0, 0.1) is 5.41 Å². The number of benzene rings is 1. The van der Waals surface area contributed by atoms with E-state index in [4.69, 9.17) is 15.5 Å². The van der Waals surface area contributed by atoms with Crippen LogP contribution < -0.4 is 11.1 Å². The van der Waals surface area contributed by atoms with Gasteiger partial charge in [0.2, 0.25) is 5.91 Å². The number of ether oxygens (including phenoxy) is 1. The van der Waals surface area contributed by atoms with Gasteiger partial charge in [0, 0.05) is 76.0 Å². The van der Waals surface area contributed by atoms with Crippen LogP contribution in [0.1, 0.15) is 45.7 Å². The van der Waals surface area contributed by atoms with Gasteiger partial charge in [0.15, 0.2) is 17.7 Å². The molecule has 3 fully saturated rings. The number of nitrogen functional groups attached to an aromatic ring is 1. The summed E-state index contributed by atoms with van der Waals surface area (Å²) in [7, 11) is 2.16. The first-order chi connectivity index (χ1) is 24.4. The van der Waals surface area contributed by atoms with Crippen LogP contribution in [0.3, 0.4) is 0 Å². The van der Waals surface area contributed by atoms with Crippen molar-refractivity contribution in [2.45, 2.75) is 70.7 Å². The van der Waals surface area contributed by atoms with Crippen LogP contribution in [-0.2, 0) is 16.1 Å². The van der Waals surface area contributed by atoms with Gasteiger partial charge in [-0.15, -0.1) is 0 Å². The monoisotopic (exact) mass is 704 g/mol. The molecule has 6 N–H and O–H groups in total. The van der Waals surface area contributed by atoms with Crippen molar-refractivity contribution in [2.75, 3.05) is 77.0 Å². The highest BCUT2D eigenvalue weighted by Crippen LogP contribution is 2.33. The number of carbonyl (C=O) groups is 1. The molecule has 51 heavy (non-hydrogen) atoms. The molecule has 0 saturated carbocycles. The summed E-state index contributed by atoms with van der Waals surface area (Å²) < 4.78 is 8.03. The van der Waals surface area contributed by atoms with Crippen molar-refractivity contribution in [2.24, 2.45) is 5.41 Å². The van der Waals surface area contributed by atoms with Crippen LogP contribution in [0.25, 0.3) is 22.2 Å². The fraction of sp³-hybridized carbons (Fsp3) is 0.629. The minimum atomic E-state index is -1.15. The molecule has 4 aromatic rings. The van der Waals surface area contributed by atoms with E-state index in [2.05, 4.69) is 51.9 Å². The summed E-state index contributed by atoms with van der Waals surface area (Å²) in [4.78, 5) is 43.2. The Labute approximate surface area is 298 Å². The first-order valence-corrected chi connectivity index (χ1v) is 18.0. The number of nitrogens with zero attached hydrogens (tertiary/aromatic N) is 9. The molecule has 0 bridgehead atoms. The molecule has 1 amide bonds. The standard InChI is InChI=1S/C35H52N12O4/c1-35(2,3)34(50)40-22-5-6-24-25(17-22)42-27(41-24)19-45-9-7-23(8-10-45)46(16-15-44-13-11-43(4)12-14-44)18-26-29(48)30(49)33(51-26)47-21-39-28-31(36)37-20-38-32(28)47/h5-6,17,20-21,23,26,29-30,33,48-49H,7-16,18-19H2,1-4H3,(H,40,50)(H,41,42)(H2,36,37,38)/t26-,29-,30-,33-/m1/s1. The van der Waals surface area contributed by atoms with Gasteiger partial charge >= 0.3 is 0 Å². The van der Waals surface area contributed by atoms with E-state index in [1.54, 1.807) is 4.57 Å². The maximum Gasteiger partial charge on any atom is 0.229 e. The van der Waals surface area contributed by atoms with Crippen molar-refractivity contribution in [1.82, 2.24) is 49.1 Å². The summed E-state index contributed by atoms with van der Waals surface area (Å²) in [5, 5.41) is 25.4. The van der Waals surface area contributed by atoms with Gasteiger partial charge in [-0.1, -0.05) is 20.8 Å². The van der Waals surface area contributed by atoms with E-state index < -0.39 is 30.0 Å². The van der Waals surface area contributed by atoms with Crippen molar-refractivity contribution in [3.63, 3.8) is 0 Å². The summed E-state index contributed by atoms with van der Waals surface area (Å²) in [5.41, 5.74) is 8.93. The van der Waals surface area contributed by atoms with E-state index in [1.165, 1.54) is 12.7 Å². The summed E-state index contributed by atoms with van der Waals surface area (Å²) in [6.07, 6.45) is 1.14. The number of nitrogens with two attached hydrogens (primary N) is 1. The van der Waals surface area contributed by atoms with E-state index in [9.17, 15) is 15.0 Å². The number of anilines is 2. The van der Waals surface area contributed by atoms with E-state index in [-0.39, 0.29) is 11.7 Å². The number of aliphatic hydroxyl groups is 2. The number of rotatable bonds is 10. The highest BCUT2D eigenvalue weighted by Gasteiger charge is 2.45. The van der Waals surface area contributed by atoms with Crippen molar-refractivity contribution in [1.29, 1.82) is 0 Å². The molecule has 276 valence electrons. The van der Waals surface area contributed by atoms with Crippen LogP contribution in [0.4, 0.5) is 11.5 Å². The highest BCUT2D eigenvalue weighted by molar-refractivity contribution is 5.96. The number of piperidine rings is 1. The number of aliphatic hydroxyl groups excluding tert-OH is 2. The molecule has 3 aliphatic heterocycles. The normalized spacial score (nSPS) is 24.7. The van der Waals surface area contributed by atoms with Gasteiger partial charge in [0.25, 0.3) is 0 Å². The Kier molecular flexibility index (Phi) is 10.3. The van der Waals surface area contributed by atoms with E-state index >= 15 is 0 Å². The molecule has 1 aromatic carbocycles. The molecule has 3 aliphatic rings. The van der Waals surface area contributed by atoms with Gasteiger partial charge in [-0.25, -0.2) is 19.9 Å². The number of likely N-dealkylation sites (N-methyl/N-ethyl adjacent to an activating group) is 1. The number of fused-ring (bicyclic) bond motifs is 2. The average molecular weight is 705 g/mol. The van der Waals surface area contributed by atoms with Crippen LogP contribution in [0.5, 0.6) is 0 Å². The summed E-state index contributed by atoms with van der Waals surface area (Å²) in [5.74, 6) is 1.12. The Balaban J connectivity index is 1.00. The molecule has 0 radical (unpaired) electrons. The van der Waals surface area contributed by atoms with Crippen LogP contribution in [-0.4, -0.2) is 156 Å². The van der Waals surface area contributed by atoms with Gasteiger partial charge in [-0.05, 0) is 38.1 Å². The van der Waals surface area contributed by atoms with Crippen molar-refractivity contribution in [3.05, 3.63) is 36.7 Å². The first kappa shape index (κ1) is 35.6. The molecular formula is C35H52N12O4. The Bertz CT molecular complexity index is 1810. The maximum absolute atomic E-state index is 12.5. The summed E-state index contributed by atoms with van der Waals surface area (Å²) in [6.45, 7) is 14.7. The molecule has 3 saturated heterocycles. The number of H-pyrrole nitrogens is 1. The van der Waals surface area contributed by atoms with E-state index in [1.807, 2.05) is 39.0 Å². The Hall–Kier alpha value is -3.77. The average Bonchev–Trinajstić information content (AvgIpc) is 3.79. The van der Waals surface area contributed by atoms with Gasteiger partial charge in [0.05, 0.1) is 23.9 Å². The lowest BCUT2D eigenvalue weighted by Crippen LogP contribution is -2.52. The number of nitrogens with one attached hydrogen (secondary N) is 2. The highest BCUT2D eigenvalue weighted by atomic mass is 16.6. The third-order valence-corrected chi connectivity index (χ3v) is 10.6. The summed E-state index contributed by atoms with van der Waals surface area (Å²) >= 11 is 0. The van der Waals surface area contributed by atoms with Gasteiger partial charge in [-0.2, -0.15) is 0 Å². The van der Waals surface area contributed by atoms with Gasteiger partial charge in [-0.3, -0.25) is 24.1 Å². The third kappa shape index (κ3) is 7.87. The summed E-state index contributed by atoms with van der Waals surface area (Å²) in [6, 6.07) is 6.08. The number of hydrogen-bond acceptors (Lipinski definition) is 13. The van der Waals surface area contributed by atoms with Crippen molar-refractivity contribution >= 4 is 39.6 Å². The van der Waals surface area contributed by atoms with Crippen molar-refractivity contribution in [3.8, 4) is 0 Å². The molecule has 0 spiro atoms. The number of aromatic nitrogens is 6. The Morgan fingerprint density at radius 1 is 1.06 bits per heavy atom. The van der Waals surface area contributed by atoms with Gasteiger partial charge in [0.1, 0.15) is 36.0 Å². The minimum absolute atomic E-state index is 0.0282. The van der Waals surface area contributed by atoms with Crippen molar-refractivity contribution < 1.29 is 19.7 Å². The second-order valence-corrected chi connectivity index (χ2v) is 15.4. The van der Waals surface area contributed by atoms with Crippen LogP contribution in [0.15, 0.2) is 30.9 Å².